The molecule has 1 aromatic carbocycles. The molecule has 1 aromatic rings. The van der Waals surface area contributed by atoms with Crippen molar-refractivity contribution < 1.29 is 9.90 Å². The number of aromatic hydroxyl groups is 1. The van der Waals surface area contributed by atoms with E-state index in [0.29, 0.717) is 24.2 Å². The number of hydrogen-bond donors (Lipinski definition) is 2. The van der Waals surface area contributed by atoms with Gasteiger partial charge in [0.25, 0.3) is 0 Å². The summed E-state index contributed by atoms with van der Waals surface area (Å²) in [5, 5.41) is 12.8. The lowest BCUT2D eigenvalue weighted by atomic mass is 10.2. The molecule has 6 heteroatoms. The molecule has 22 heavy (non-hydrogen) atoms. The average Bonchev–Trinajstić information content (AvgIpc) is 2.80. The van der Waals surface area contributed by atoms with E-state index in [1.165, 1.54) is 0 Å². The highest BCUT2D eigenvalue weighted by Crippen LogP contribution is 2.44. The Labute approximate surface area is 136 Å². The summed E-state index contributed by atoms with van der Waals surface area (Å²) in [4.78, 5) is 17.3. The van der Waals surface area contributed by atoms with Crippen LogP contribution in [-0.4, -0.2) is 54.5 Å². The fraction of sp³-hybridized carbons (Fsp3) is 0.562. The van der Waals surface area contributed by atoms with Gasteiger partial charge in [0, 0.05) is 18.5 Å². The van der Waals surface area contributed by atoms with E-state index in [9.17, 15) is 9.90 Å². The molecule has 1 heterocycles. The summed E-state index contributed by atoms with van der Waals surface area (Å²) in [6.07, 6.45) is 0.876. The average molecular weight is 323 g/mol. The van der Waals surface area contributed by atoms with Crippen LogP contribution in [0.4, 0.5) is 5.69 Å². The van der Waals surface area contributed by atoms with Gasteiger partial charge in [-0.05, 0) is 37.7 Å². The molecule has 1 amide bonds. The van der Waals surface area contributed by atoms with Gasteiger partial charge in [-0.1, -0.05) is 25.6 Å². The van der Waals surface area contributed by atoms with Gasteiger partial charge in [0.1, 0.15) is 5.75 Å². The predicted molar refractivity (Wildman–Crippen MR) is 91.6 cm³/mol. The third-order valence-corrected chi connectivity index (χ3v) is 5.40. The Morgan fingerprint density at radius 1 is 1.41 bits per heavy atom. The van der Waals surface area contributed by atoms with Crippen LogP contribution in [-0.2, 0) is 4.79 Å². The second-order valence-electron chi connectivity index (χ2n) is 5.44. The molecule has 2 rings (SSSR count). The van der Waals surface area contributed by atoms with Crippen LogP contribution in [0.15, 0.2) is 23.1 Å². The van der Waals surface area contributed by atoms with Gasteiger partial charge in [0.05, 0.1) is 17.6 Å². The second kappa shape index (κ2) is 7.74. The number of fused-ring (bicyclic) bond motifs is 1. The van der Waals surface area contributed by atoms with Crippen LogP contribution in [0.25, 0.3) is 0 Å². The smallest absolute Gasteiger partial charge is 0.234 e. The lowest BCUT2D eigenvalue weighted by Crippen LogP contribution is -2.38. The number of carbonyl (C=O) groups is 1. The first-order chi connectivity index (χ1) is 10.5. The van der Waals surface area contributed by atoms with Crippen LogP contribution >= 0.6 is 11.8 Å². The van der Waals surface area contributed by atoms with E-state index < -0.39 is 0 Å². The Kier molecular flexibility index (Phi) is 5.97. The Morgan fingerprint density at radius 2 is 2.14 bits per heavy atom. The molecule has 5 nitrogen and oxygen atoms in total. The summed E-state index contributed by atoms with van der Waals surface area (Å²) in [7, 11) is 2.05. The maximum absolute atomic E-state index is 11.9. The molecular formula is C16H25N3O2S. The monoisotopic (exact) mass is 323 g/mol. The minimum Gasteiger partial charge on any atom is -0.508 e. The molecule has 0 saturated heterocycles. The number of rotatable bonds is 7. The first kappa shape index (κ1) is 17.0. The van der Waals surface area contributed by atoms with Crippen LogP contribution in [0.1, 0.15) is 20.3 Å². The molecule has 0 spiro atoms. The van der Waals surface area contributed by atoms with E-state index in [1.54, 1.807) is 23.9 Å². The first-order valence-corrected chi connectivity index (χ1v) is 8.64. The van der Waals surface area contributed by atoms with Crippen molar-refractivity contribution in [3.05, 3.63) is 18.2 Å². The van der Waals surface area contributed by atoms with Gasteiger partial charge in [0.15, 0.2) is 0 Å². The highest BCUT2D eigenvalue weighted by atomic mass is 32.2. The molecule has 0 saturated carbocycles. The highest BCUT2D eigenvalue weighted by Gasteiger charge is 2.27. The Balaban J connectivity index is 1.78. The summed E-state index contributed by atoms with van der Waals surface area (Å²) in [5.41, 5.74) is 1.14. The first-order valence-electron chi connectivity index (χ1n) is 7.76. The minimum atomic E-state index is 0.0875. The van der Waals surface area contributed by atoms with E-state index in [1.807, 2.05) is 6.07 Å². The van der Waals surface area contributed by atoms with Crippen molar-refractivity contribution in [2.75, 3.05) is 38.1 Å². The predicted octanol–water partition coefficient (Wildman–Crippen LogP) is 2.11. The molecule has 0 radical (unpaired) electrons. The van der Waals surface area contributed by atoms with Gasteiger partial charge in [-0.25, -0.2) is 0 Å². The van der Waals surface area contributed by atoms with Crippen molar-refractivity contribution in [1.82, 2.24) is 10.2 Å². The van der Waals surface area contributed by atoms with Crippen molar-refractivity contribution in [1.29, 1.82) is 0 Å². The molecule has 0 aromatic heterocycles. The fourth-order valence-corrected chi connectivity index (χ4v) is 3.89. The molecule has 0 bridgehead atoms. The Hall–Kier alpha value is -1.40. The van der Waals surface area contributed by atoms with E-state index in [0.717, 1.165) is 30.1 Å². The van der Waals surface area contributed by atoms with Crippen LogP contribution in [0, 0.1) is 0 Å². The second-order valence-corrected chi connectivity index (χ2v) is 6.66. The summed E-state index contributed by atoms with van der Waals surface area (Å²) in [6.45, 7) is 7.05. The molecule has 1 aliphatic heterocycles. The topological polar surface area (TPSA) is 55.8 Å². The number of thioether (sulfide) groups is 1. The van der Waals surface area contributed by atoms with E-state index >= 15 is 0 Å². The van der Waals surface area contributed by atoms with Gasteiger partial charge in [-0.2, -0.15) is 0 Å². The van der Waals surface area contributed by atoms with E-state index in [4.69, 9.17) is 0 Å². The minimum absolute atomic E-state index is 0.0875. The molecule has 1 aliphatic rings. The quantitative estimate of drug-likeness (QED) is 0.805. The van der Waals surface area contributed by atoms with Crippen molar-refractivity contribution in [2.24, 2.45) is 0 Å². The Morgan fingerprint density at radius 3 is 2.82 bits per heavy atom. The summed E-state index contributed by atoms with van der Waals surface area (Å²) >= 11 is 1.74. The number of likely N-dealkylation sites (N-methyl/N-ethyl adjacent to an activating group) is 1. The number of nitrogens with zero attached hydrogens (tertiary/aromatic N) is 2. The zero-order valence-electron chi connectivity index (χ0n) is 13.5. The van der Waals surface area contributed by atoms with Gasteiger partial charge in [0.2, 0.25) is 5.91 Å². The third-order valence-electron chi connectivity index (χ3n) is 3.99. The van der Waals surface area contributed by atoms with Crippen molar-refractivity contribution in [3.63, 3.8) is 0 Å². The van der Waals surface area contributed by atoms with Gasteiger partial charge < -0.3 is 15.3 Å². The molecule has 0 fully saturated rings. The molecule has 2 N–H and O–H groups in total. The van der Waals surface area contributed by atoms with Crippen LogP contribution in [0.2, 0.25) is 0 Å². The van der Waals surface area contributed by atoms with E-state index in [2.05, 4.69) is 36.0 Å². The summed E-state index contributed by atoms with van der Waals surface area (Å²) < 4.78 is 0. The zero-order chi connectivity index (χ0) is 16.1. The number of benzene rings is 1. The molecular weight excluding hydrogens is 298 g/mol. The summed E-state index contributed by atoms with van der Waals surface area (Å²) in [5.74, 6) is 0.386. The Bertz CT molecular complexity index is 520. The number of phenols is 1. The number of hydrogen-bond acceptors (Lipinski definition) is 5. The number of nitrogens with one attached hydrogen (secondary N) is 1. The molecule has 0 aliphatic carbocycles. The summed E-state index contributed by atoms with van der Waals surface area (Å²) in [6, 6.07) is 5.45. The number of anilines is 1. The van der Waals surface area contributed by atoms with Crippen LogP contribution in [0.5, 0.6) is 5.75 Å². The SMILES string of the molecule is CCN(CC)CC(=O)NCCC1Sc2cc(O)ccc2N1C. The number of phenolic OH excluding ortho intramolecular Hbond substituents is 1. The third kappa shape index (κ3) is 4.08. The zero-order valence-corrected chi connectivity index (χ0v) is 14.3. The standard InChI is InChI=1S/C16H25N3O2S/c1-4-19(5-2)11-15(21)17-9-8-16-18(3)13-7-6-12(20)10-14(13)22-16/h6-7,10,16,20H,4-5,8-9,11H2,1-3H3,(H,17,21). The van der Waals surface area contributed by atoms with Crippen LogP contribution in [0.3, 0.4) is 0 Å². The number of amides is 1. The van der Waals surface area contributed by atoms with Crippen LogP contribution < -0.4 is 10.2 Å². The van der Waals surface area contributed by atoms with Gasteiger partial charge >= 0.3 is 0 Å². The molecule has 122 valence electrons. The van der Waals surface area contributed by atoms with Crippen molar-refractivity contribution >= 4 is 23.4 Å². The lowest BCUT2D eigenvalue weighted by molar-refractivity contribution is -0.122. The van der Waals surface area contributed by atoms with Crippen molar-refractivity contribution in [2.45, 2.75) is 30.5 Å². The van der Waals surface area contributed by atoms with Crippen molar-refractivity contribution in [3.8, 4) is 5.75 Å². The molecule has 1 unspecified atom stereocenters. The highest BCUT2D eigenvalue weighted by molar-refractivity contribution is 8.00. The largest absolute Gasteiger partial charge is 0.508 e. The molecule has 1 atom stereocenters. The fourth-order valence-electron chi connectivity index (χ4n) is 2.56. The van der Waals surface area contributed by atoms with Gasteiger partial charge in [-0.3, -0.25) is 9.69 Å². The van der Waals surface area contributed by atoms with E-state index in [-0.39, 0.29) is 5.91 Å². The maximum Gasteiger partial charge on any atom is 0.234 e. The normalized spacial score (nSPS) is 16.9. The maximum atomic E-state index is 11.9. The number of carbonyl (C=O) groups excluding carboxylic acids is 1. The lowest BCUT2D eigenvalue weighted by Gasteiger charge is -2.22. The van der Waals surface area contributed by atoms with Gasteiger partial charge in [-0.15, -0.1) is 0 Å².